The van der Waals surface area contributed by atoms with Crippen LogP contribution in [0.4, 0.5) is 0 Å². The van der Waals surface area contributed by atoms with Gasteiger partial charge in [0.1, 0.15) is 0 Å². The summed E-state index contributed by atoms with van der Waals surface area (Å²) in [6, 6.07) is 37.6. The average molecular weight is 703 g/mol. The number of sulfone groups is 1. The van der Waals surface area contributed by atoms with Crippen molar-refractivity contribution in [3.8, 4) is 22.3 Å². The normalized spacial score (nSPS) is 12.2. The second kappa shape index (κ2) is 11.8. The molecule has 0 aliphatic heterocycles. The second-order valence-corrected chi connectivity index (χ2v) is 18.0. The van der Waals surface area contributed by atoms with Crippen molar-refractivity contribution < 1.29 is 8.42 Å². The summed E-state index contributed by atoms with van der Waals surface area (Å²) in [7, 11) is -3.98. The quantitative estimate of drug-likeness (QED) is 0.162. The zero-order valence-corrected chi connectivity index (χ0v) is 30.3. The summed E-state index contributed by atoms with van der Waals surface area (Å²) >= 11 is 6.71. The SMILES string of the molecule is CSc1sc2cc(C)cc(S(=O)(=O)c3cc(C)cc4sc(SC)c(-c5ccc6ccccc6c5)c34)c2c1-c1ccc2ccccc2c1. The van der Waals surface area contributed by atoms with E-state index in [1.54, 1.807) is 46.2 Å². The molecule has 232 valence electrons. The van der Waals surface area contributed by atoms with Gasteiger partial charge in [0.15, 0.2) is 0 Å². The van der Waals surface area contributed by atoms with Crippen molar-refractivity contribution in [1.29, 1.82) is 0 Å². The topological polar surface area (TPSA) is 34.1 Å². The molecule has 2 nitrogen and oxygen atoms in total. The first-order valence-corrected chi connectivity index (χ1v) is 20.8. The Kier molecular flexibility index (Phi) is 7.73. The monoisotopic (exact) mass is 702 g/mol. The van der Waals surface area contributed by atoms with Gasteiger partial charge >= 0.3 is 0 Å². The number of benzene rings is 6. The van der Waals surface area contributed by atoms with Crippen molar-refractivity contribution in [2.24, 2.45) is 0 Å². The number of fused-ring (bicyclic) bond motifs is 4. The summed E-state index contributed by atoms with van der Waals surface area (Å²) in [6.07, 6.45) is 4.15. The minimum Gasteiger partial charge on any atom is -0.218 e. The molecule has 0 bridgehead atoms. The van der Waals surface area contributed by atoms with Gasteiger partial charge in [0.25, 0.3) is 0 Å². The van der Waals surface area contributed by atoms with E-state index in [9.17, 15) is 0 Å². The average Bonchev–Trinajstić information content (AvgIpc) is 3.64. The predicted octanol–water partition coefficient (Wildman–Crippen LogP) is 12.6. The fraction of sp³-hybridized carbons (Fsp3) is 0.100. The van der Waals surface area contributed by atoms with Crippen molar-refractivity contribution in [2.75, 3.05) is 12.5 Å². The van der Waals surface area contributed by atoms with E-state index in [2.05, 4.69) is 85.3 Å². The highest BCUT2D eigenvalue weighted by Gasteiger charge is 2.30. The van der Waals surface area contributed by atoms with Crippen LogP contribution in [0.25, 0.3) is 64.0 Å². The van der Waals surface area contributed by atoms with E-state index >= 15 is 8.42 Å². The van der Waals surface area contributed by atoms with Crippen LogP contribution in [0.2, 0.25) is 0 Å². The molecule has 2 aromatic heterocycles. The third-order valence-corrected chi connectivity index (χ3v) is 15.1. The second-order valence-electron chi connectivity index (χ2n) is 11.8. The van der Waals surface area contributed by atoms with Crippen LogP contribution in [-0.2, 0) is 9.84 Å². The molecule has 6 aromatic carbocycles. The molecule has 47 heavy (non-hydrogen) atoms. The van der Waals surface area contributed by atoms with Crippen LogP contribution < -0.4 is 0 Å². The van der Waals surface area contributed by atoms with E-state index in [1.165, 1.54) is 0 Å². The van der Waals surface area contributed by atoms with Gasteiger partial charge in [0.2, 0.25) is 9.84 Å². The largest absolute Gasteiger partial charge is 0.218 e. The zero-order valence-electron chi connectivity index (χ0n) is 26.3. The number of hydrogen-bond donors (Lipinski definition) is 0. The molecule has 0 saturated heterocycles. The number of aryl methyl sites for hydroxylation is 2. The molecule has 0 radical (unpaired) electrons. The third kappa shape index (κ3) is 5.11. The third-order valence-electron chi connectivity index (χ3n) is 8.76. The van der Waals surface area contributed by atoms with Gasteiger partial charge in [-0.05, 0) is 107 Å². The van der Waals surface area contributed by atoms with Crippen molar-refractivity contribution in [2.45, 2.75) is 32.1 Å². The highest BCUT2D eigenvalue weighted by molar-refractivity contribution is 8.01. The first-order valence-electron chi connectivity index (χ1n) is 15.2. The molecule has 0 amide bonds. The van der Waals surface area contributed by atoms with Crippen LogP contribution in [0.15, 0.2) is 127 Å². The minimum atomic E-state index is -3.98. The smallest absolute Gasteiger partial charge is 0.207 e. The number of rotatable bonds is 6. The van der Waals surface area contributed by atoms with Gasteiger partial charge in [-0.25, -0.2) is 8.42 Å². The Balaban J connectivity index is 1.44. The molecule has 0 aliphatic carbocycles. The van der Waals surface area contributed by atoms with Crippen molar-refractivity contribution in [3.63, 3.8) is 0 Å². The van der Waals surface area contributed by atoms with E-state index in [4.69, 9.17) is 0 Å². The molecular formula is C40H30O2S5. The molecule has 8 rings (SSSR count). The van der Waals surface area contributed by atoms with E-state index < -0.39 is 9.84 Å². The number of hydrogen-bond acceptors (Lipinski definition) is 6. The highest BCUT2D eigenvalue weighted by atomic mass is 32.2. The van der Waals surface area contributed by atoms with Crippen LogP contribution in [0.3, 0.4) is 0 Å². The Morgan fingerprint density at radius 3 is 1.32 bits per heavy atom. The summed E-state index contributed by atoms with van der Waals surface area (Å²) in [5.74, 6) is 0. The van der Waals surface area contributed by atoms with Crippen LogP contribution in [0, 0.1) is 13.8 Å². The molecule has 7 heteroatoms. The molecule has 0 N–H and O–H groups in total. The fourth-order valence-corrected chi connectivity index (χ4v) is 12.9. The molecule has 8 aromatic rings. The van der Waals surface area contributed by atoms with Crippen molar-refractivity contribution >= 4 is 97.8 Å². The van der Waals surface area contributed by atoms with E-state index in [1.807, 2.05) is 50.2 Å². The van der Waals surface area contributed by atoms with E-state index in [0.29, 0.717) is 9.79 Å². The Morgan fingerprint density at radius 1 is 0.511 bits per heavy atom. The molecule has 0 spiro atoms. The summed E-state index contributed by atoms with van der Waals surface area (Å²) in [5.41, 5.74) is 5.93. The molecule has 0 atom stereocenters. The molecule has 2 heterocycles. The van der Waals surface area contributed by atoms with Gasteiger partial charge < -0.3 is 0 Å². The maximum Gasteiger partial charge on any atom is 0.207 e. The standard InChI is InChI=1S/C40H30O2S5/c1-23-17-31-37(35(39(43-3)45-31)29-15-13-25-9-5-7-11-27(25)21-29)33(19-23)47(41,42)34-20-24(2)18-32-38(34)36(40(44-4)46-32)30-16-14-26-10-6-8-12-28(26)22-30/h5-22H,1-4H3. The fourth-order valence-electron chi connectivity index (χ4n) is 6.65. The Morgan fingerprint density at radius 2 is 0.915 bits per heavy atom. The lowest BCUT2D eigenvalue weighted by atomic mass is 10.00. The predicted molar refractivity (Wildman–Crippen MR) is 208 cm³/mol. The van der Waals surface area contributed by atoms with E-state index in [0.717, 1.165) is 83.5 Å². The number of thiophene rings is 2. The maximum absolute atomic E-state index is 15.3. The van der Waals surface area contributed by atoms with Gasteiger partial charge in [0, 0.05) is 31.3 Å². The Bertz CT molecular complexity index is 2470. The van der Waals surface area contributed by atoms with Crippen LogP contribution >= 0.6 is 46.2 Å². The molecule has 0 aliphatic rings. The molecule has 0 fully saturated rings. The van der Waals surface area contributed by atoms with Gasteiger partial charge in [-0.15, -0.1) is 46.2 Å². The maximum atomic E-state index is 15.3. The summed E-state index contributed by atoms with van der Waals surface area (Å²) in [6.45, 7) is 3.99. The Hall–Kier alpha value is -3.59. The first-order chi connectivity index (χ1) is 22.8. The lowest BCUT2D eigenvalue weighted by molar-refractivity contribution is 0.597. The lowest BCUT2D eigenvalue weighted by Crippen LogP contribution is -2.05. The van der Waals surface area contributed by atoms with Crippen molar-refractivity contribution in [1.82, 2.24) is 0 Å². The molecular weight excluding hydrogens is 673 g/mol. The van der Waals surface area contributed by atoms with Gasteiger partial charge in [-0.2, -0.15) is 0 Å². The van der Waals surface area contributed by atoms with Crippen LogP contribution in [0.1, 0.15) is 11.1 Å². The van der Waals surface area contributed by atoms with Crippen molar-refractivity contribution in [3.05, 3.63) is 120 Å². The highest BCUT2D eigenvalue weighted by Crippen LogP contribution is 2.51. The minimum absolute atomic E-state index is 0.375. The summed E-state index contributed by atoms with van der Waals surface area (Å²) < 4.78 is 34.9. The van der Waals surface area contributed by atoms with E-state index in [-0.39, 0.29) is 0 Å². The first kappa shape index (κ1) is 30.7. The Labute approximate surface area is 291 Å². The summed E-state index contributed by atoms with van der Waals surface area (Å²) in [5, 5.41) is 6.21. The molecule has 0 unspecified atom stereocenters. The van der Waals surface area contributed by atoms with Gasteiger partial charge in [0.05, 0.1) is 18.2 Å². The number of thioether (sulfide) groups is 2. The summed E-state index contributed by atoms with van der Waals surface area (Å²) in [4.78, 5) is 0.751. The van der Waals surface area contributed by atoms with Gasteiger partial charge in [-0.1, -0.05) is 72.8 Å². The zero-order chi connectivity index (χ0) is 32.4. The lowest BCUT2D eigenvalue weighted by Gasteiger charge is -2.14. The molecule has 0 saturated carbocycles. The van der Waals surface area contributed by atoms with Crippen LogP contribution in [0.5, 0.6) is 0 Å². The van der Waals surface area contributed by atoms with Crippen LogP contribution in [-0.4, -0.2) is 20.9 Å². The van der Waals surface area contributed by atoms with Gasteiger partial charge in [-0.3, -0.25) is 0 Å².